The first kappa shape index (κ1) is 20.6. The number of nitrogens with one attached hydrogen (secondary N) is 1. The summed E-state index contributed by atoms with van der Waals surface area (Å²) in [7, 11) is 0. The van der Waals surface area contributed by atoms with Crippen LogP contribution in [0.3, 0.4) is 0 Å². The van der Waals surface area contributed by atoms with Crippen molar-refractivity contribution < 1.29 is 9.72 Å². The van der Waals surface area contributed by atoms with Crippen molar-refractivity contribution in [2.75, 3.05) is 19.6 Å². The summed E-state index contributed by atoms with van der Waals surface area (Å²) in [5.74, 6) is -0.168. The minimum atomic E-state index is -0.444. The summed E-state index contributed by atoms with van der Waals surface area (Å²) < 4.78 is 0.746. The van der Waals surface area contributed by atoms with E-state index in [1.165, 1.54) is 29.2 Å². The maximum atomic E-state index is 12.7. The number of nitro benzene ring substituents is 1. The molecule has 140 valence electrons. The van der Waals surface area contributed by atoms with E-state index in [1.807, 2.05) is 19.2 Å². The molecule has 0 spiro atoms. The average molecular weight is 415 g/mol. The number of benzene rings is 1. The van der Waals surface area contributed by atoms with Crippen molar-refractivity contribution in [1.29, 1.82) is 0 Å². The lowest BCUT2D eigenvalue weighted by molar-refractivity contribution is -0.387. The SMILES string of the molecule is Cc1csc(Sc2ccc(C(=O)N3CCNCC3C)cc2[N+](=O)[O-])n1.Cl. The van der Waals surface area contributed by atoms with Crippen LogP contribution in [0.15, 0.2) is 32.8 Å². The van der Waals surface area contributed by atoms with Crippen LogP contribution in [0.5, 0.6) is 0 Å². The van der Waals surface area contributed by atoms with Crippen LogP contribution in [0.4, 0.5) is 5.69 Å². The van der Waals surface area contributed by atoms with E-state index >= 15 is 0 Å². The molecule has 0 radical (unpaired) electrons. The standard InChI is InChI=1S/C16H18N4O3S2.ClH/c1-10-9-24-16(18-10)25-14-4-3-12(7-13(14)20(22)23)15(21)19-6-5-17-8-11(19)2;/h3-4,7,9,11,17H,5-6,8H2,1-2H3;1H. The maximum Gasteiger partial charge on any atom is 0.284 e. The van der Waals surface area contributed by atoms with E-state index in [4.69, 9.17) is 0 Å². The van der Waals surface area contributed by atoms with E-state index in [1.54, 1.807) is 17.0 Å². The topological polar surface area (TPSA) is 88.4 Å². The highest BCUT2D eigenvalue weighted by Gasteiger charge is 2.26. The lowest BCUT2D eigenvalue weighted by atomic mass is 10.1. The number of halogens is 1. The molecule has 2 aromatic rings. The fourth-order valence-electron chi connectivity index (χ4n) is 2.66. The van der Waals surface area contributed by atoms with E-state index in [2.05, 4.69) is 10.3 Å². The number of hydrogen-bond acceptors (Lipinski definition) is 7. The van der Waals surface area contributed by atoms with Crippen molar-refractivity contribution in [3.05, 3.63) is 45.0 Å². The number of piperazine rings is 1. The third-order valence-electron chi connectivity index (χ3n) is 3.96. The van der Waals surface area contributed by atoms with Crippen LogP contribution in [0.1, 0.15) is 23.0 Å². The van der Waals surface area contributed by atoms with Crippen LogP contribution in [0, 0.1) is 17.0 Å². The lowest BCUT2D eigenvalue weighted by Gasteiger charge is -2.34. The molecule has 1 N–H and O–H groups in total. The second kappa shape index (κ2) is 8.81. The number of nitrogens with zero attached hydrogens (tertiary/aromatic N) is 3. The van der Waals surface area contributed by atoms with Crippen LogP contribution >= 0.6 is 35.5 Å². The van der Waals surface area contributed by atoms with Gasteiger partial charge in [-0.2, -0.15) is 0 Å². The van der Waals surface area contributed by atoms with Crippen molar-refractivity contribution in [2.24, 2.45) is 0 Å². The number of aryl methyl sites for hydroxylation is 1. The van der Waals surface area contributed by atoms with E-state index in [9.17, 15) is 14.9 Å². The maximum absolute atomic E-state index is 12.7. The van der Waals surface area contributed by atoms with Gasteiger partial charge in [0, 0.05) is 48.4 Å². The highest BCUT2D eigenvalue weighted by atomic mass is 35.5. The van der Waals surface area contributed by atoms with Crippen LogP contribution < -0.4 is 5.32 Å². The Balaban J connectivity index is 0.00000243. The van der Waals surface area contributed by atoms with Gasteiger partial charge >= 0.3 is 0 Å². The summed E-state index contributed by atoms with van der Waals surface area (Å²) in [4.78, 5) is 30.3. The number of nitro groups is 1. The summed E-state index contributed by atoms with van der Waals surface area (Å²) >= 11 is 2.70. The first-order chi connectivity index (χ1) is 12.0. The number of carbonyl (C=O) groups is 1. The van der Waals surface area contributed by atoms with E-state index in [-0.39, 0.29) is 30.0 Å². The van der Waals surface area contributed by atoms with Crippen LogP contribution in [0.25, 0.3) is 0 Å². The fraction of sp³-hybridized carbons (Fsp3) is 0.375. The third-order valence-corrected chi connectivity index (χ3v) is 6.08. The number of aromatic nitrogens is 1. The highest BCUT2D eigenvalue weighted by Crippen LogP contribution is 2.37. The van der Waals surface area contributed by atoms with Crippen LogP contribution in [-0.2, 0) is 0 Å². The number of carbonyl (C=O) groups excluding carboxylic acids is 1. The summed E-state index contributed by atoms with van der Waals surface area (Å²) in [5, 5.41) is 16.6. The zero-order chi connectivity index (χ0) is 18.0. The van der Waals surface area contributed by atoms with Gasteiger partial charge in [-0.15, -0.1) is 23.7 Å². The predicted molar refractivity (Wildman–Crippen MR) is 105 cm³/mol. The van der Waals surface area contributed by atoms with Crippen molar-refractivity contribution in [3.8, 4) is 0 Å². The smallest absolute Gasteiger partial charge is 0.284 e. The molecule has 1 aromatic carbocycles. The molecule has 10 heteroatoms. The van der Waals surface area contributed by atoms with Crippen molar-refractivity contribution in [2.45, 2.75) is 29.1 Å². The van der Waals surface area contributed by atoms with Crippen molar-refractivity contribution in [1.82, 2.24) is 15.2 Å². The Hall–Kier alpha value is -1.68. The molecule has 1 aromatic heterocycles. The average Bonchev–Trinajstić information content (AvgIpc) is 3.00. The molecule has 1 aliphatic heterocycles. The Kier molecular flexibility index (Phi) is 6.99. The third kappa shape index (κ3) is 4.53. The number of thiazole rings is 1. The van der Waals surface area contributed by atoms with Gasteiger partial charge in [0.25, 0.3) is 11.6 Å². The van der Waals surface area contributed by atoms with Gasteiger partial charge in [0.15, 0.2) is 4.34 Å². The molecule has 3 rings (SSSR count). The quantitative estimate of drug-likeness (QED) is 0.609. The first-order valence-corrected chi connectivity index (χ1v) is 9.55. The Morgan fingerprint density at radius 3 is 2.88 bits per heavy atom. The molecule has 0 bridgehead atoms. The first-order valence-electron chi connectivity index (χ1n) is 7.86. The van der Waals surface area contributed by atoms with E-state index in [0.29, 0.717) is 17.0 Å². The molecule has 7 nitrogen and oxygen atoms in total. The Bertz CT molecular complexity index is 815. The van der Waals surface area contributed by atoms with Gasteiger partial charge in [0.2, 0.25) is 0 Å². The normalized spacial score (nSPS) is 16.8. The molecule has 1 fully saturated rings. The molecular formula is C16H19ClN4O3S2. The van der Waals surface area contributed by atoms with E-state index in [0.717, 1.165) is 23.1 Å². The van der Waals surface area contributed by atoms with Gasteiger partial charge in [-0.25, -0.2) is 4.98 Å². The minimum Gasteiger partial charge on any atom is -0.333 e. The fourth-order valence-corrected chi connectivity index (χ4v) is 4.54. The van der Waals surface area contributed by atoms with Gasteiger partial charge in [-0.3, -0.25) is 14.9 Å². The molecule has 1 atom stereocenters. The zero-order valence-corrected chi connectivity index (χ0v) is 16.7. The molecule has 0 aliphatic carbocycles. The van der Waals surface area contributed by atoms with Gasteiger partial charge in [-0.05, 0) is 26.0 Å². The number of rotatable bonds is 4. The van der Waals surface area contributed by atoms with Gasteiger partial charge in [0.05, 0.1) is 9.82 Å². The Morgan fingerprint density at radius 2 is 2.27 bits per heavy atom. The molecule has 1 unspecified atom stereocenters. The molecule has 0 saturated carbocycles. The van der Waals surface area contributed by atoms with Gasteiger partial charge in [0.1, 0.15) is 0 Å². The molecule has 1 aliphatic rings. The monoisotopic (exact) mass is 414 g/mol. The van der Waals surface area contributed by atoms with Crippen LogP contribution in [0.2, 0.25) is 0 Å². The van der Waals surface area contributed by atoms with Gasteiger partial charge in [-0.1, -0.05) is 11.8 Å². The Morgan fingerprint density at radius 1 is 1.50 bits per heavy atom. The van der Waals surface area contributed by atoms with E-state index < -0.39 is 4.92 Å². The lowest BCUT2D eigenvalue weighted by Crippen LogP contribution is -2.52. The number of hydrogen-bond donors (Lipinski definition) is 1. The molecule has 1 saturated heterocycles. The second-order valence-electron chi connectivity index (χ2n) is 5.85. The summed E-state index contributed by atoms with van der Waals surface area (Å²) in [6, 6.07) is 4.74. The van der Waals surface area contributed by atoms with Gasteiger partial charge < -0.3 is 10.2 Å². The van der Waals surface area contributed by atoms with Crippen molar-refractivity contribution in [3.63, 3.8) is 0 Å². The molecule has 2 heterocycles. The number of amides is 1. The molecule has 1 amide bonds. The van der Waals surface area contributed by atoms with Crippen molar-refractivity contribution >= 4 is 47.1 Å². The molecular weight excluding hydrogens is 396 g/mol. The summed E-state index contributed by atoms with van der Waals surface area (Å²) in [6.07, 6.45) is 0. The molecule has 26 heavy (non-hydrogen) atoms. The summed E-state index contributed by atoms with van der Waals surface area (Å²) in [6.45, 7) is 5.90. The highest BCUT2D eigenvalue weighted by molar-refractivity contribution is 8.01. The minimum absolute atomic E-state index is 0. The Labute approximate surface area is 165 Å². The van der Waals surface area contributed by atoms with Crippen LogP contribution in [-0.4, -0.2) is 46.4 Å². The zero-order valence-electron chi connectivity index (χ0n) is 14.3. The largest absolute Gasteiger partial charge is 0.333 e. The summed E-state index contributed by atoms with van der Waals surface area (Å²) in [5.41, 5.74) is 1.17. The second-order valence-corrected chi connectivity index (χ2v) is 8.00. The predicted octanol–water partition coefficient (Wildman–Crippen LogP) is 3.37.